The van der Waals surface area contributed by atoms with Crippen LogP contribution in [0.5, 0.6) is 0 Å². The maximum Gasteiger partial charge on any atom is 0.235 e. The van der Waals surface area contributed by atoms with Gasteiger partial charge in [-0.25, -0.2) is 8.42 Å². The first-order valence-corrected chi connectivity index (χ1v) is 10.1. The van der Waals surface area contributed by atoms with Crippen molar-refractivity contribution in [3.8, 4) is 0 Å². The van der Waals surface area contributed by atoms with Gasteiger partial charge in [-0.05, 0) is 24.7 Å². The van der Waals surface area contributed by atoms with E-state index in [0.717, 1.165) is 6.54 Å². The summed E-state index contributed by atoms with van der Waals surface area (Å²) in [4.78, 5) is 25.9. The fraction of sp³-hybridized carbons (Fsp3) is 0.867. The number of nitrogens with zero attached hydrogens (tertiary/aromatic N) is 1. The third-order valence-electron chi connectivity index (χ3n) is 5.05. The lowest BCUT2D eigenvalue weighted by Gasteiger charge is -2.24. The van der Waals surface area contributed by atoms with Crippen LogP contribution < -0.4 is 11.1 Å². The first-order valence-electron chi connectivity index (χ1n) is 8.06. The molecule has 7 nitrogen and oxygen atoms in total. The predicted molar refractivity (Wildman–Crippen MR) is 94.5 cm³/mol. The third kappa shape index (κ3) is 4.83. The van der Waals surface area contributed by atoms with Gasteiger partial charge in [0.15, 0.2) is 0 Å². The van der Waals surface area contributed by atoms with E-state index < -0.39 is 21.2 Å². The Kier molecular flexibility index (Phi) is 6.69. The lowest BCUT2D eigenvalue weighted by Crippen LogP contribution is -2.48. The van der Waals surface area contributed by atoms with Gasteiger partial charge in [-0.15, -0.1) is 12.4 Å². The fourth-order valence-corrected chi connectivity index (χ4v) is 3.83. The number of nitrogens with two attached hydrogens (primary N) is 1. The number of primary amides is 1. The van der Waals surface area contributed by atoms with Crippen LogP contribution in [0, 0.1) is 17.3 Å². The predicted octanol–water partition coefficient (Wildman–Crippen LogP) is -0.209. The molecule has 140 valence electrons. The average Bonchev–Trinajstić information content (AvgIpc) is 3.13. The molecule has 2 atom stereocenters. The molecular formula is C15H28ClN3O4S. The Morgan fingerprint density at radius 3 is 2.29 bits per heavy atom. The molecule has 2 aliphatic rings. The van der Waals surface area contributed by atoms with Crippen LogP contribution in [0.3, 0.4) is 0 Å². The summed E-state index contributed by atoms with van der Waals surface area (Å²) in [5.41, 5.74) is 4.34. The summed E-state index contributed by atoms with van der Waals surface area (Å²) in [7, 11) is -3.00. The Balaban J connectivity index is 0.00000288. The highest BCUT2D eigenvalue weighted by atomic mass is 35.5. The van der Waals surface area contributed by atoms with E-state index >= 15 is 0 Å². The highest BCUT2D eigenvalue weighted by molar-refractivity contribution is 7.90. The van der Waals surface area contributed by atoms with Crippen molar-refractivity contribution in [3.63, 3.8) is 0 Å². The smallest absolute Gasteiger partial charge is 0.235 e. The van der Waals surface area contributed by atoms with Crippen molar-refractivity contribution < 1.29 is 18.0 Å². The molecular weight excluding hydrogens is 354 g/mol. The second-order valence-electron chi connectivity index (χ2n) is 7.32. The van der Waals surface area contributed by atoms with Crippen molar-refractivity contribution in [2.75, 3.05) is 31.6 Å². The number of likely N-dealkylation sites (tertiary alicyclic amines) is 1. The van der Waals surface area contributed by atoms with E-state index in [-0.39, 0.29) is 36.0 Å². The zero-order valence-electron chi connectivity index (χ0n) is 14.4. The van der Waals surface area contributed by atoms with Crippen molar-refractivity contribution in [2.45, 2.75) is 32.7 Å². The molecule has 0 radical (unpaired) electrons. The number of hydrogen-bond acceptors (Lipinski definition) is 5. The van der Waals surface area contributed by atoms with E-state index in [1.165, 1.54) is 6.26 Å². The number of halogens is 1. The summed E-state index contributed by atoms with van der Waals surface area (Å²) >= 11 is 0. The Labute approximate surface area is 150 Å². The van der Waals surface area contributed by atoms with Crippen LogP contribution in [0.2, 0.25) is 0 Å². The van der Waals surface area contributed by atoms with Gasteiger partial charge < -0.3 is 11.1 Å². The molecule has 1 aliphatic carbocycles. The molecule has 0 bridgehead atoms. The monoisotopic (exact) mass is 381 g/mol. The molecule has 2 fully saturated rings. The summed E-state index contributed by atoms with van der Waals surface area (Å²) in [6, 6.07) is -0.0705. The van der Waals surface area contributed by atoms with Crippen LogP contribution in [0.25, 0.3) is 0 Å². The van der Waals surface area contributed by atoms with Crippen LogP contribution in [0.1, 0.15) is 26.7 Å². The van der Waals surface area contributed by atoms with Gasteiger partial charge in [0.1, 0.15) is 15.3 Å². The highest BCUT2D eigenvalue weighted by Crippen LogP contribution is 2.45. The molecule has 2 amide bonds. The minimum atomic E-state index is -3.00. The molecule has 0 unspecified atom stereocenters. The van der Waals surface area contributed by atoms with Crippen molar-refractivity contribution in [1.29, 1.82) is 0 Å². The zero-order chi connectivity index (χ0) is 17.4. The Morgan fingerprint density at radius 1 is 1.29 bits per heavy atom. The number of carbonyl (C=O) groups is 2. The normalized spacial score (nSPS) is 26.0. The van der Waals surface area contributed by atoms with Crippen molar-refractivity contribution in [3.05, 3.63) is 0 Å². The fourth-order valence-electron chi connectivity index (χ4n) is 3.24. The van der Waals surface area contributed by atoms with Gasteiger partial charge in [0, 0.05) is 31.9 Å². The van der Waals surface area contributed by atoms with E-state index in [0.29, 0.717) is 31.8 Å². The lowest BCUT2D eigenvalue weighted by atomic mass is 9.90. The van der Waals surface area contributed by atoms with Crippen molar-refractivity contribution in [2.24, 2.45) is 23.0 Å². The Morgan fingerprint density at radius 2 is 1.88 bits per heavy atom. The number of amides is 2. The van der Waals surface area contributed by atoms with Gasteiger partial charge in [-0.1, -0.05) is 13.8 Å². The molecule has 2 rings (SSSR count). The Hall–Kier alpha value is -0.860. The summed E-state index contributed by atoms with van der Waals surface area (Å²) in [5, 5.41) is 2.99. The minimum Gasteiger partial charge on any atom is -0.369 e. The number of carbonyl (C=O) groups excluding carboxylic acids is 2. The Bertz CT molecular complexity index is 590. The molecule has 1 aliphatic heterocycles. The first kappa shape index (κ1) is 21.2. The molecule has 1 saturated heterocycles. The molecule has 1 heterocycles. The van der Waals surface area contributed by atoms with Crippen molar-refractivity contribution >= 4 is 34.1 Å². The molecule has 1 saturated carbocycles. The average molecular weight is 382 g/mol. The summed E-state index contributed by atoms with van der Waals surface area (Å²) in [5.74, 6) is -0.118. The van der Waals surface area contributed by atoms with Gasteiger partial charge in [0.25, 0.3) is 0 Å². The second-order valence-corrected chi connectivity index (χ2v) is 9.58. The zero-order valence-corrected chi connectivity index (χ0v) is 16.1. The van der Waals surface area contributed by atoms with Gasteiger partial charge in [0.05, 0.1) is 5.75 Å². The van der Waals surface area contributed by atoms with Gasteiger partial charge >= 0.3 is 0 Å². The molecule has 0 spiro atoms. The van der Waals surface area contributed by atoms with Crippen LogP contribution in [-0.4, -0.2) is 62.8 Å². The second kappa shape index (κ2) is 7.58. The minimum absolute atomic E-state index is 0. The van der Waals surface area contributed by atoms with E-state index in [1.54, 1.807) is 0 Å². The summed E-state index contributed by atoms with van der Waals surface area (Å²) < 4.78 is 22.7. The number of nitrogens with one attached hydrogen (secondary N) is 1. The SMILES string of the molecule is CC(C)[C@H]1CN(CCS(C)(=O)=O)C[C@@H]1NC(=O)C1(C(N)=O)CC1.Cl. The molecule has 0 aromatic rings. The van der Waals surface area contributed by atoms with Gasteiger partial charge in [-0.2, -0.15) is 0 Å². The number of sulfone groups is 1. The largest absolute Gasteiger partial charge is 0.369 e. The van der Waals surface area contributed by atoms with E-state index in [2.05, 4.69) is 24.1 Å². The van der Waals surface area contributed by atoms with Crippen molar-refractivity contribution in [1.82, 2.24) is 10.2 Å². The van der Waals surface area contributed by atoms with Crippen LogP contribution in [-0.2, 0) is 19.4 Å². The molecule has 3 N–H and O–H groups in total. The highest BCUT2D eigenvalue weighted by Gasteiger charge is 2.56. The molecule has 0 aromatic carbocycles. The quantitative estimate of drug-likeness (QED) is 0.593. The van der Waals surface area contributed by atoms with E-state index in [4.69, 9.17) is 5.73 Å². The first-order chi connectivity index (χ1) is 10.5. The lowest BCUT2D eigenvalue weighted by molar-refractivity contribution is -0.136. The van der Waals surface area contributed by atoms with Gasteiger partial charge in [0.2, 0.25) is 11.8 Å². The molecule has 0 aromatic heterocycles. The maximum atomic E-state index is 12.4. The maximum absolute atomic E-state index is 12.4. The van der Waals surface area contributed by atoms with E-state index in [1.807, 2.05) is 0 Å². The topological polar surface area (TPSA) is 110 Å². The summed E-state index contributed by atoms with van der Waals surface area (Å²) in [6.45, 7) is 6.01. The van der Waals surface area contributed by atoms with E-state index in [9.17, 15) is 18.0 Å². The van der Waals surface area contributed by atoms with Crippen LogP contribution >= 0.6 is 12.4 Å². The van der Waals surface area contributed by atoms with Gasteiger partial charge in [-0.3, -0.25) is 14.5 Å². The molecule has 9 heteroatoms. The third-order valence-corrected chi connectivity index (χ3v) is 5.97. The summed E-state index contributed by atoms with van der Waals surface area (Å²) in [6.07, 6.45) is 2.27. The number of hydrogen-bond donors (Lipinski definition) is 2. The number of rotatable bonds is 7. The van der Waals surface area contributed by atoms with Crippen LogP contribution in [0.4, 0.5) is 0 Å². The molecule has 24 heavy (non-hydrogen) atoms. The van der Waals surface area contributed by atoms with Crippen LogP contribution in [0.15, 0.2) is 0 Å². The standard InChI is InChI=1S/C15H27N3O4S.ClH/c1-10(2)11-8-18(6-7-23(3,21)22)9-12(11)17-14(20)15(4-5-15)13(16)19;/h10-12H,4-9H2,1-3H3,(H2,16,19)(H,17,20);1H/t11-,12+;/m1./s1.